The van der Waals surface area contributed by atoms with Crippen LogP contribution in [-0.2, 0) is 30.2 Å². The number of hydrazine groups is 1. The van der Waals surface area contributed by atoms with Crippen molar-refractivity contribution in [3.63, 3.8) is 0 Å². The molecule has 2 aromatic heterocycles. The summed E-state index contributed by atoms with van der Waals surface area (Å²) in [5, 5.41) is 11.9. The molecule has 1 fully saturated rings. The summed E-state index contributed by atoms with van der Waals surface area (Å²) in [5.74, 6) is 4.76. The maximum absolute atomic E-state index is 12.5. The second-order valence-corrected chi connectivity index (χ2v) is 11.7. The first-order chi connectivity index (χ1) is 27.3. The number of ketones is 1. The lowest BCUT2D eigenvalue weighted by atomic mass is 10.2. The number of nitrogens with one attached hydrogen (secondary N) is 2. The standard InChI is InChI=1S/C14H18F6N4O2.C6H8N2O.C4H10N2.C3H7ClN.C3H6O.CH3B.CH6N2.BF.BH.ClH/c1-9-10(7-22(2)21-9)8-23-3-5-24(6-4-23)12(25)26-11(13(15,16)17)14(18,19)20;1-5-6(4-9)3-8(2)7-5;1-4(2)6-5-3;1-5(2)3-4;1-3(2)4;1-2;1-3-2;1-2;;/h7,11H,3-6,8H2,1-2H3;3-4H,1-2H3;5H,1-3H3;3H,1-2H3;1-2H3;1H3;3H,2H2,1H3;;2*1H/q;;;+1;;;;;;/p-1/i;;;;;;;;1D;. The number of carbonyl (C=O) groups excluding carboxylic acids is 3. The van der Waals surface area contributed by atoms with E-state index < -0.39 is 24.5 Å². The van der Waals surface area contributed by atoms with Crippen LogP contribution in [0, 0.1) is 13.8 Å². The number of carbonyl (C=O) groups is 3. The normalized spacial score (nSPS) is 11.3. The van der Waals surface area contributed by atoms with Crippen LogP contribution in [0.4, 0.5) is 35.5 Å². The van der Waals surface area contributed by atoms with Crippen molar-refractivity contribution in [2.45, 2.75) is 73.4 Å². The minimum Gasteiger partial charge on any atom is -1.00 e. The highest BCUT2D eigenvalue weighted by molar-refractivity contribution is 6.54. The first-order valence-corrected chi connectivity index (χ1v) is 16.9. The molecular formula is C32H59B3Cl2F7N11O4. The molecule has 1 amide bonds. The molecule has 0 saturated carbocycles. The molecule has 0 spiro atoms. The lowest BCUT2D eigenvalue weighted by Gasteiger charge is -2.35. The minimum atomic E-state index is -5.71. The summed E-state index contributed by atoms with van der Waals surface area (Å²) in [5.41, 5.74) is 10.7. The number of hydrazone groups is 1. The Bertz CT molecular complexity index is 1410. The summed E-state index contributed by atoms with van der Waals surface area (Å²) in [6, 6.07) is 0. The number of nitrogens with two attached hydrogens (primary N) is 1. The molecule has 2 aromatic rings. The van der Waals surface area contributed by atoms with Gasteiger partial charge in [0.1, 0.15) is 19.9 Å². The molecule has 6 radical (unpaired) electrons. The van der Waals surface area contributed by atoms with Crippen LogP contribution in [0.15, 0.2) is 17.5 Å². The van der Waals surface area contributed by atoms with Gasteiger partial charge in [0.05, 0.1) is 24.8 Å². The van der Waals surface area contributed by atoms with Crippen LogP contribution in [-0.4, -0.2) is 162 Å². The number of hydrogen-bond acceptors (Lipinski definition) is 11. The van der Waals surface area contributed by atoms with E-state index in [0.29, 0.717) is 25.2 Å². The molecule has 1 saturated heterocycles. The van der Waals surface area contributed by atoms with Gasteiger partial charge in [-0.3, -0.25) is 30.3 Å². The van der Waals surface area contributed by atoms with Crippen molar-refractivity contribution in [2.75, 3.05) is 54.4 Å². The number of aryl methyl sites for hydroxylation is 4. The Balaban J connectivity index is -0.000000135. The number of nitrogens with zero attached hydrogens (tertiary/aromatic N) is 8. The smallest absolute Gasteiger partial charge is 0.434 e. The summed E-state index contributed by atoms with van der Waals surface area (Å²) in [6.45, 7) is 13.1. The van der Waals surface area contributed by atoms with E-state index >= 15 is 0 Å². The Kier molecular flexibility index (Phi) is 45.3. The molecule has 0 aromatic carbocycles. The summed E-state index contributed by atoms with van der Waals surface area (Å²) >= 11 is 5.14. The van der Waals surface area contributed by atoms with Gasteiger partial charge in [-0.25, -0.2) is 9.37 Å². The van der Waals surface area contributed by atoms with E-state index in [4.69, 9.17) is 17.3 Å². The van der Waals surface area contributed by atoms with Crippen molar-refractivity contribution in [1.29, 1.82) is 1.34 Å². The van der Waals surface area contributed by atoms with Crippen LogP contribution < -0.4 is 29.1 Å². The number of Topliss-reactive ketones (excluding diaryl/α,β-unsaturated/α-hetero) is 1. The lowest BCUT2D eigenvalue weighted by molar-refractivity contribution is -0.457. The molecule has 15 nitrogen and oxygen atoms in total. The van der Waals surface area contributed by atoms with Crippen LogP contribution in [0.1, 0.15) is 55.0 Å². The van der Waals surface area contributed by atoms with Gasteiger partial charge < -0.3 is 36.6 Å². The SMILES string of the molecule is CC(C)=O.CNN.CNN=C(C)C.C[N+](C)=CCl.Cc1nn(C)cc1C=O.Cc1nn(C)cc1CN1CCN(C(=O)OC(C(F)(F)F)C(F)(F)F)CC1.[2H][B].[B]C.[B]F.[Cl-]. The summed E-state index contributed by atoms with van der Waals surface area (Å²) in [6.07, 6.45) is -12.8. The number of amides is 1. The molecule has 59 heavy (non-hydrogen) atoms. The van der Waals surface area contributed by atoms with Gasteiger partial charge in [-0.1, -0.05) is 6.82 Å². The van der Waals surface area contributed by atoms with E-state index in [1.165, 1.54) is 26.3 Å². The van der Waals surface area contributed by atoms with Crippen LogP contribution >= 0.6 is 11.6 Å². The number of halogens is 9. The fourth-order valence-corrected chi connectivity index (χ4v) is 3.59. The van der Waals surface area contributed by atoms with Crippen LogP contribution in [0.3, 0.4) is 0 Å². The highest BCUT2D eigenvalue weighted by Gasteiger charge is 2.60. The summed E-state index contributed by atoms with van der Waals surface area (Å²) in [4.78, 5) is 34.1. The van der Waals surface area contributed by atoms with Crippen molar-refractivity contribution in [2.24, 2.45) is 25.0 Å². The van der Waals surface area contributed by atoms with Crippen LogP contribution in [0.5, 0.6) is 0 Å². The van der Waals surface area contributed by atoms with Gasteiger partial charge in [0.15, 0.2) is 6.29 Å². The predicted octanol–water partition coefficient (Wildman–Crippen LogP) is 0.417. The maximum Gasteiger partial charge on any atom is 0.434 e. The van der Waals surface area contributed by atoms with E-state index in [0.717, 1.165) is 33.8 Å². The van der Waals surface area contributed by atoms with Gasteiger partial charge >= 0.3 is 26.6 Å². The quantitative estimate of drug-likeness (QED) is 0.0729. The van der Waals surface area contributed by atoms with Gasteiger partial charge in [-0.2, -0.15) is 41.6 Å². The molecule has 0 bridgehead atoms. The monoisotopic (exact) mass is 898 g/mol. The van der Waals surface area contributed by atoms with Crippen LogP contribution in [0.25, 0.3) is 0 Å². The molecule has 27 heteroatoms. The van der Waals surface area contributed by atoms with Gasteiger partial charge in [-0.05, 0) is 61.5 Å². The van der Waals surface area contributed by atoms with Crippen LogP contribution in [0.2, 0.25) is 6.82 Å². The van der Waals surface area contributed by atoms with E-state index in [-0.39, 0.29) is 31.3 Å². The predicted molar refractivity (Wildman–Crippen MR) is 218 cm³/mol. The van der Waals surface area contributed by atoms with Crippen molar-refractivity contribution in [3.05, 3.63) is 34.9 Å². The molecule has 4 N–H and O–H groups in total. The lowest BCUT2D eigenvalue weighted by Crippen LogP contribution is -3.00. The second kappa shape index (κ2) is 39.8. The molecular weight excluding hydrogens is 839 g/mol. The maximum atomic E-state index is 12.5. The van der Waals surface area contributed by atoms with Gasteiger partial charge in [0.2, 0.25) is 5.67 Å². The van der Waals surface area contributed by atoms with Crippen molar-refractivity contribution in [1.82, 2.24) is 40.2 Å². The topological polar surface area (TPSA) is 168 Å². The third kappa shape index (κ3) is 39.6. The third-order valence-electron chi connectivity index (χ3n) is 5.66. The van der Waals surface area contributed by atoms with E-state index in [2.05, 4.69) is 61.1 Å². The van der Waals surface area contributed by atoms with E-state index in [1.54, 1.807) is 48.3 Å². The molecule has 1 aliphatic rings. The number of ether oxygens (including phenoxy) is 1. The Labute approximate surface area is 360 Å². The third-order valence-corrected chi connectivity index (χ3v) is 6.05. The number of aldehydes is 1. The first kappa shape index (κ1) is 67.1. The van der Waals surface area contributed by atoms with Crippen molar-refractivity contribution < 1.29 is 66.8 Å². The fraction of sp³-hybridized carbons (Fsp3) is 0.656. The fourth-order valence-electron chi connectivity index (χ4n) is 3.59. The van der Waals surface area contributed by atoms with Crippen molar-refractivity contribution >= 4 is 65.5 Å². The second-order valence-electron chi connectivity index (χ2n) is 11.5. The zero-order chi connectivity index (χ0) is 48.1. The highest BCUT2D eigenvalue weighted by atomic mass is 35.5. The number of hydrogen-bond donors (Lipinski definition) is 3. The number of rotatable bonds is 5. The van der Waals surface area contributed by atoms with E-state index in [1.807, 2.05) is 52.9 Å². The average Bonchev–Trinajstić information content (AvgIpc) is 3.66. The Morgan fingerprint density at radius 3 is 1.58 bits per heavy atom. The van der Waals surface area contributed by atoms with Gasteiger partial charge in [0.25, 0.3) is 6.10 Å². The van der Waals surface area contributed by atoms with Crippen molar-refractivity contribution in [3.8, 4) is 0 Å². The molecule has 0 unspecified atom stereocenters. The molecule has 1 aliphatic heterocycles. The highest BCUT2D eigenvalue weighted by Crippen LogP contribution is 2.36. The Morgan fingerprint density at radius 2 is 1.36 bits per heavy atom. The zero-order valence-electron chi connectivity index (χ0n) is 36.8. The molecule has 0 aliphatic carbocycles. The van der Waals surface area contributed by atoms with E-state index in [9.17, 15) is 40.7 Å². The number of piperazine rings is 1. The number of alkyl halides is 6. The van der Waals surface area contributed by atoms with Gasteiger partial charge in [-0.15, -0.1) is 0 Å². The van der Waals surface area contributed by atoms with Gasteiger partial charge in [0, 0.05) is 85.9 Å². The molecule has 0 atom stereocenters. The molecule has 338 valence electrons. The first-order valence-electron chi connectivity index (χ1n) is 17.1. The Morgan fingerprint density at radius 1 is 0.983 bits per heavy atom. The largest absolute Gasteiger partial charge is 1.00 e. The molecule has 3 heterocycles. The Hall–Kier alpha value is -3.67. The molecule has 3 rings (SSSR count). The summed E-state index contributed by atoms with van der Waals surface area (Å²) in [7, 11) is 22.0. The average molecular weight is 899 g/mol. The summed E-state index contributed by atoms with van der Waals surface area (Å²) < 4.78 is 97.7. The minimum absolute atomic E-state index is 0. The zero-order valence-corrected chi connectivity index (χ0v) is 37.4. The number of aromatic nitrogens is 4.